The van der Waals surface area contributed by atoms with Crippen molar-refractivity contribution in [3.8, 4) is 22.8 Å². The standard InChI is InChI=1S/C19H17F3N4O2/c1-3-16(27)23-18-24-17(13-6-4-12(2)5-7-13)25-26(18)14-8-10-15(11-9-14)28-19(20,21)22/h4-11H,3H2,1-2H3,(H,23,24,25,27). The van der Waals surface area contributed by atoms with Crippen LogP contribution in [0.1, 0.15) is 18.9 Å². The topological polar surface area (TPSA) is 69.0 Å². The minimum Gasteiger partial charge on any atom is -0.406 e. The Morgan fingerprint density at radius 3 is 2.32 bits per heavy atom. The molecular weight excluding hydrogens is 373 g/mol. The van der Waals surface area contributed by atoms with Crippen molar-refractivity contribution in [3.63, 3.8) is 0 Å². The van der Waals surface area contributed by atoms with E-state index in [2.05, 4.69) is 20.1 Å². The van der Waals surface area contributed by atoms with Gasteiger partial charge in [-0.25, -0.2) is 0 Å². The van der Waals surface area contributed by atoms with Crippen LogP contribution >= 0.6 is 0 Å². The van der Waals surface area contributed by atoms with Gasteiger partial charge in [0, 0.05) is 12.0 Å². The monoisotopic (exact) mass is 390 g/mol. The van der Waals surface area contributed by atoms with Gasteiger partial charge >= 0.3 is 6.36 Å². The van der Waals surface area contributed by atoms with Gasteiger partial charge in [-0.15, -0.1) is 18.3 Å². The number of hydrogen-bond acceptors (Lipinski definition) is 4. The lowest BCUT2D eigenvalue weighted by molar-refractivity contribution is -0.274. The van der Waals surface area contributed by atoms with Crippen LogP contribution in [0.5, 0.6) is 5.75 Å². The summed E-state index contributed by atoms with van der Waals surface area (Å²) >= 11 is 0. The molecule has 0 bridgehead atoms. The Kier molecular flexibility index (Phi) is 5.34. The number of nitrogens with zero attached hydrogens (tertiary/aromatic N) is 3. The highest BCUT2D eigenvalue weighted by Gasteiger charge is 2.31. The van der Waals surface area contributed by atoms with Gasteiger partial charge < -0.3 is 4.74 Å². The van der Waals surface area contributed by atoms with E-state index >= 15 is 0 Å². The van der Waals surface area contributed by atoms with Crippen LogP contribution in [0, 0.1) is 6.92 Å². The molecule has 0 spiro atoms. The van der Waals surface area contributed by atoms with Crippen molar-refractivity contribution in [1.29, 1.82) is 0 Å². The Hall–Kier alpha value is -3.36. The molecule has 3 rings (SSSR count). The second kappa shape index (κ2) is 7.71. The summed E-state index contributed by atoms with van der Waals surface area (Å²) < 4.78 is 42.2. The average Bonchev–Trinajstić information content (AvgIpc) is 3.05. The van der Waals surface area contributed by atoms with Crippen LogP contribution < -0.4 is 10.1 Å². The van der Waals surface area contributed by atoms with Crippen molar-refractivity contribution < 1.29 is 22.7 Å². The third kappa shape index (κ3) is 4.67. The number of carbonyl (C=O) groups is 1. The van der Waals surface area contributed by atoms with Crippen molar-refractivity contribution in [2.75, 3.05) is 5.32 Å². The lowest BCUT2D eigenvalue weighted by Gasteiger charge is -2.10. The number of carbonyl (C=O) groups excluding carboxylic acids is 1. The molecular formula is C19H17F3N4O2. The Morgan fingerprint density at radius 1 is 1.11 bits per heavy atom. The predicted octanol–water partition coefficient (Wildman–Crippen LogP) is 4.49. The Balaban J connectivity index is 1.98. The molecule has 28 heavy (non-hydrogen) atoms. The lowest BCUT2D eigenvalue weighted by Crippen LogP contribution is -2.17. The van der Waals surface area contributed by atoms with E-state index in [4.69, 9.17) is 0 Å². The smallest absolute Gasteiger partial charge is 0.406 e. The van der Waals surface area contributed by atoms with Crippen LogP contribution in [0.4, 0.5) is 19.1 Å². The van der Waals surface area contributed by atoms with Crippen LogP contribution in [0.3, 0.4) is 0 Å². The van der Waals surface area contributed by atoms with E-state index in [1.165, 1.54) is 28.9 Å². The summed E-state index contributed by atoms with van der Waals surface area (Å²) in [5.41, 5.74) is 2.24. The average molecular weight is 390 g/mol. The first kappa shape index (κ1) is 19.4. The molecule has 6 nitrogen and oxygen atoms in total. The molecule has 1 heterocycles. The SMILES string of the molecule is CCC(=O)Nc1nc(-c2ccc(C)cc2)nn1-c1ccc(OC(F)(F)F)cc1. The van der Waals surface area contributed by atoms with E-state index in [-0.39, 0.29) is 24.0 Å². The molecule has 0 saturated carbocycles. The van der Waals surface area contributed by atoms with Gasteiger partial charge in [-0.05, 0) is 31.2 Å². The van der Waals surface area contributed by atoms with Crippen molar-refractivity contribution >= 4 is 11.9 Å². The quantitative estimate of drug-likeness (QED) is 0.697. The largest absolute Gasteiger partial charge is 0.573 e. The fourth-order valence-corrected chi connectivity index (χ4v) is 2.40. The number of hydrogen-bond donors (Lipinski definition) is 1. The highest BCUT2D eigenvalue weighted by atomic mass is 19.4. The fourth-order valence-electron chi connectivity index (χ4n) is 2.40. The van der Waals surface area contributed by atoms with Gasteiger partial charge in [-0.1, -0.05) is 36.8 Å². The van der Waals surface area contributed by atoms with Gasteiger partial charge in [-0.3, -0.25) is 10.1 Å². The van der Waals surface area contributed by atoms with E-state index in [0.717, 1.165) is 11.1 Å². The lowest BCUT2D eigenvalue weighted by atomic mass is 10.1. The van der Waals surface area contributed by atoms with Gasteiger partial charge in [0.1, 0.15) is 5.75 Å². The maximum Gasteiger partial charge on any atom is 0.573 e. The second-order valence-corrected chi connectivity index (χ2v) is 5.98. The summed E-state index contributed by atoms with van der Waals surface area (Å²) in [6.07, 6.45) is -4.53. The molecule has 0 atom stereocenters. The van der Waals surface area contributed by atoms with Crippen LogP contribution in [-0.2, 0) is 4.79 Å². The maximum atomic E-state index is 12.3. The molecule has 146 valence electrons. The summed E-state index contributed by atoms with van der Waals surface area (Å²) in [5, 5.41) is 7.05. The number of halogens is 3. The fraction of sp³-hybridized carbons (Fsp3) is 0.211. The first-order chi connectivity index (χ1) is 13.2. The van der Waals surface area contributed by atoms with Crippen LogP contribution in [0.2, 0.25) is 0 Å². The first-order valence-corrected chi connectivity index (χ1v) is 8.45. The third-order valence-electron chi connectivity index (χ3n) is 3.80. The molecule has 0 aliphatic rings. The number of rotatable bonds is 5. The highest BCUT2D eigenvalue weighted by molar-refractivity contribution is 5.89. The number of anilines is 1. The van der Waals surface area contributed by atoms with E-state index in [0.29, 0.717) is 11.5 Å². The molecule has 0 aliphatic heterocycles. The summed E-state index contributed by atoms with van der Waals surface area (Å²) in [5.74, 6) is -0.0654. The number of amides is 1. The minimum atomic E-state index is -4.77. The van der Waals surface area contributed by atoms with Crippen molar-refractivity contribution in [3.05, 3.63) is 54.1 Å². The predicted molar refractivity (Wildman–Crippen MR) is 97.1 cm³/mol. The number of alkyl halides is 3. The third-order valence-corrected chi connectivity index (χ3v) is 3.80. The van der Waals surface area contributed by atoms with Gasteiger partial charge in [-0.2, -0.15) is 9.67 Å². The Bertz CT molecular complexity index is 964. The molecule has 0 aliphatic carbocycles. The zero-order valence-corrected chi connectivity index (χ0v) is 15.1. The summed E-state index contributed by atoms with van der Waals surface area (Å²) in [7, 11) is 0. The van der Waals surface area contributed by atoms with Crippen LogP contribution in [0.25, 0.3) is 17.1 Å². The Labute approximate surface area is 159 Å². The normalized spacial score (nSPS) is 11.3. The molecule has 1 amide bonds. The molecule has 0 unspecified atom stereocenters. The van der Waals surface area contributed by atoms with Gasteiger partial charge in [0.15, 0.2) is 5.82 Å². The molecule has 1 N–H and O–H groups in total. The number of nitrogens with one attached hydrogen (secondary N) is 1. The van der Waals surface area contributed by atoms with E-state index in [1.54, 1.807) is 6.92 Å². The van der Waals surface area contributed by atoms with Crippen molar-refractivity contribution in [2.45, 2.75) is 26.6 Å². The maximum absolute atomic E-state index is 12.3. The van der Waals surface area contributed by atoms with Gasteiger partial charge in [0.2, 0.25) is 11.9 Å². The highest BCUT2D eigenvalue weighted by Crippen LogP contribution is 2.26. The van der Waals surface area contributed by atoms with Crippen molar-refractivity contribution in [1.82, 2.24) is 14.8 Å². The zero-order valence-electron chi connectivity index (χ0n) is 15.1. The van der Waals surface area contributed by atoms with Crippen LogP contribution in [0.15, 0.2) is 48.5 Å². The molecule has 0 fully saturated rings. The molecule has 0 saturated heterocycles. The zero-order chi connectivity index (χ0) is 20.3. The first-order valence-electron chi connectivity index (χ1n) is 8.45. The summed E-state index contributed by atoms with van der Waals surface area (Å²) in [6, 6.07) is 12.6. The molecule has 3 aromatic rings. The number of aryl methyl sites for hydroxylation is 1. The van der Waals surface area contributed by atoms with E-state index in [9.17, 15) is 18.0 Å². The molecule has 0 radical (unpaired) electrons. The minimum absolute atomic E-state index is 0.173. The number of ether oxygens (including phenoxy) is 1. The number of aromatic nitrogens is 3. The van der Waals surface area contributed by atoms with E-state index < -0.39 is 6.36 Å². The van der Waals surface area contributed by atoms with E-state index in [1.807, 2.05) is 31.2 Å². The summed E-state index contributed by atoms with van der Waals surface area (Å²) in [4.78, 5) is 16.2. The molecule has 9 heteroatoms. The Morgan fingerprint density at radius 2 is 1.75 bits per heavy atom. The molecule has 1 aromatic heterocycles. The second-order valence-electron chi connectivity index (χ2n) is 5.98. The van der Waals surface area contributed by atoms with Gasteiger partial charge in [0.25, 0.3) is 0 Å². The van der Waals surface area contributed by atoms with Crippen molar-refractivity contribution in [2.24, 2.45) is 0 Å². The summed E-state index contributed by atoms with van der Waals surface area (Å²) in [6.45, 7) is 3.65. The molecule has 2 aromatic carbocycles. The number of benzene rings is 2. The van der Waals surface area contributed by atoms with Crippen LogP contribution in [-0.4, -0.2) is 27.0 Å². The van der Waals surface area contributed by atoms with Gasteiger partial charge in [0.05, 0.1) is 5.69 Å².